The van der Waals surface area contributed by atoms with Gasteiger partial charge >= 0.3 is 0 Å². The third-order valence-electron chi connectivity index (χ3n) is 9.91. The number of aryl methyl sites for hydroxylation is 1. The minimum Gasteiger partial charge on any atom is -0.361 e. The monoisotopic (exact) mass is 594 g/mol. The van der Waals surface area contributed by atoms with Crippen molar-refractivity contribution in [2.24, 2.45) is 0 Å². The topological polar surface area (TPSA) is 34.3 Å². The fourth-order valence-corrected chi connectivity index (χ4v) is 6.80. The zero-order chi connectivity index (χ0) is 31.6. The molecule has 2 aromatic carbocycles. The predicted molar refractivity (Wildman–Crippen MR) is 191 cm³/mol. The van der Waals surface area contributed by atoms with Gasteiger partial charge in [0.1, 0.15) is 0 Å². The van der Waals surface area contributed by atoms with E-state index >= 15 is 0 Å². The van der Waals surface area contributed by atoms with Gasteiger partial charge in [-0.15, -0.1) is 0 Å². The molecule has 4 heteroatoms. The number of hydrogen-bond donors (Lipinski definition) is 2. The van der Waals surface area contributed by atoms with E-state index in [4.69, 9.17) is 0 Å². The number of fused-ring (bicyclic) bond motifs is 1. The van der Waals surface area contributed by atoms with Crippen LogP contribution in [0, 0.1) is 6.92 Å². The summed E-state index contributed by atoms with van der Waals surface area (Å²) in [6.07, 6.45) is 13.4. The van der Waals surface area contributed by atoms with Crippen LogP contribution in [-0.4, -0.2) is 54.1 Å². The highest BCUT2D eigenvalue weighted by atomic mass is 15.2. The van der Waals surface area contributed by atoms with Crippen molar-refractivity contribution in [3.05, 3.63) is 101 Å². The molecule has 5 rings (SSSR count). The number of piperidine rings is 1. The average molecular weight is 595 g/mol. The highest BCUT2D eigenvalue weighted by molar-refractivity contribution is 5.81. The smallest absolute Gasteiger partial charge is 0.0456 e. The van der Waals surface area contributed by atoms with Crippen molar-refractivity contribution >= 4 is 17.0 Å². The molecule has 0 radical (unpaired) electrons. The quantitative estimate of drug-likeness (QED) is 0.273. The Balaban J connectivity index is 0.00000216. The van der Waals surface area contributed by atoms with Gasteiger partial charge in [0.15, 0.2) is 0 Å². The molecule has 2 N–H and O–H groups in total. The van der Waals surface area contributed by atoms with Crippen LogP contribution in [-0.2, 0) is 12.1 Å². The summed E-state index contributed by atoms with van der Waals surface area (Å²) in [6, 6.07) is 24.6. The van der Waals surface area contributed by atoms with E-state index in [2.05, 4.69) is 122 Å². The fourth-order valence-electron chi connectivity index (χ4n) is 6.80. The molecule has 44 heavy (non-hydrogen) atoms. The fraction of sp³-hybridized carbons (Fsp3) is 0.500. The van der Waals surface area contributed by atoms with Gasteiger partial charge < -0.3 is 15.2 Å². The number of hydrogen-bond acceptors (Lipinski definition) is 3. The number of aromatic nitrogens is 1. The minimum absolute atomic E-state index is 0.0521. The number of likely N-dealkylation sites (tertiary alicyclic amines) is 1. The lowest BCUT2D eigenvalue weighted by atomic mass is 9.79. The molecule has 2 heterocycles. The average Bonchev–Trinajstić information content (AvgIpc) is 3.13. The van der Waals surface area contributed by atoms with Crippen LogP contribution in [0.2, 0.25) is 0 Å². The van der Waals surface area contributed by atoms with E-state index in [1.165, 1.54) is 65.3 Å². The maximum atomic E-state index is 3.95. The predicted octanol–water partition coefficient (Wildman–Crippen LogP) is 9.40. The molecule has 1 aliphatic carbocycles. The molecule has 1 saturated carbocycles. The molecule has 0 unspecified atom stereocenters. The van der Waals surface area contributed by atoms with Gasteiger partial charge in [0.05, 0.1) is 0 Å². The van der Waals surface area contributed by atoms with Crippen molar-refractivity contribution in [2.45, 2.75) is 97.2 Å². The standard InChI is InChI=1S/C38H52N4.C2H6/c1-30-12-8-6-11-23-39-36-18-15-33(27-35(30)36)28-42-24-19-32(20-25-42)26-31-13-16-34(17-14-31)37(2,3)40-29-38(41(4)5)21-9-7-10-22-38;1-2/h6,8,11-18,23,26-27,39-40H,7,9-10,19-22,24-25,28-29H2,1-5H3;1-2H3. The lowest BCUT2D eigenvalue weighted by Crippen LogP contribution is -2.55. The number of aromatic amines is 1. The zero-order valence-electron chi connectivity index (χ0n) is 28.7. The van der Waals surface area contributed by atoms with Crippen LogP contribution >= 0.6 is 0 Å². The van der Waals surface area contributed by atoms with Gasteiger partial charge in [-0.1, -0.05) is 93.3 Å². The van der Waals surface area contributed by atoms with E-state index < -0.39 is 0 Å². The first kappa shape index (κ1) is 34.0. The molecule has 0 bridgehead atoms. The number of rotatable bonds is 8. The van der Waals surface area contributed by atoms with E-state index in [0.29, 0.717) is 0 Å². The van der Waals surface area contributed by atoms with E-state index in [1.54, 1.807) is 5.57 Å². The summed E-state index contributed by atoms with van der Waals surface area (Å²) in [7, 11) is 4.52. The Bertz CT molecular complexity index is 1390. The van der Waals surface area contributed by atoms with Crippen LogP contribution < -0.4 is 5.32 Å². The van der Waals surface area contributed by atoms with Crippen LogP contribution in [0.5, 0.6) is 0 Å². The van der Waals surface area contributed by atoms with Crippen LogP contribution in [0.4, 0.5) is 0 Å². The summed E-state index contributed by atoms with van der Waals surface area (Å²) in [6.45, 7) is 15.1. The van der Waals surface area contributed by atoms with Crippen molar-refractivity contribution < 1.29 is 0 Å². The van der Waals surface area contributed by atoms with Gasteiger partial charge in [-0.3, -0.25) is 4.90 Å². The van der Waals surface area contributed by atoms with E-state index in [0.717, 1.165) is 39.0 Å². The second kappa shape index (κ2) is 15.9. The normalized spacial score (nSPS) is 17.1. The molecule has 0 spiro atoms. The Morgan fingerprint density at radius 3 is 2.30 bits per heavy atom. The largest absolute Gasteiger partial charge is 0.361 e. The highest BCUT2D eigenvalue weighted by Crippen LogP contribution is 2.33. The van der Waals surface area contributed by atoms with Gasteiger partial charge in [0.2, 0.25) is 0 Å². The molecule has 0 amide bonds. The molecule has 1 aliphatic heterocycles. The second-order valence-electron chi connectivity index (χ2n) is 13.5. The number of benzene rings is 2. The number of H-pyrrole nitrogens is 1. The van der Waals surface area contributed by atoms with Gasteiger partial charge in [-0.05, 0) is 101 Å². The third-order valence-corrected chi connectivity index (χ3v) is 9.91. The van der Waals surface area contributed by atoms with Gasteiger partial charge in [-0.2, -0.15) is 0 Å². The van der Waals surface area contributed by atoms with Crippen molar-refractivity contribution in [2.75, 3.05) is 33.7 Å². The molecule has 2 aliphatic rings. The molecular formula is C40H58N4. The number of nitrogens with zero attached hydrogens (tertiary/aromatic N) is 2. The van der Waals surface area contributed by atoms with E-state index in [-0.39, 0.29) is 11.1 Å². The lowest BCUT2D eigenvalue weighted by molar-refractivity contribution is 0.0894. The van der Waals surface area contributed by atoms with E-state index in [1.807, 2.05) is 26.1 Å². The van der Waals surface area contributed by atoms with Crippen LogP contribution in [0.1, 0.15) is 94.9 Å². The van der Waals surface area contributed by atoms with Crippen molar-refractivity contribution in [3.63, 3.8) is 0 Å². The molecular weight excluding hydrogens is 536 g/mol. The first-order chi connectivity index (χ1) is 21.2. The van der Waals surface area contributed by atoms with Crippen LogP contribution in [0.3, 0.4) is 0 Å². The van der Waals surface area contributed by atoms with Crippen molar-refractivity contribution in [1.29, 1.82) is 0 Å². The second-order valence-corrected chi connectivity index (χ2v) is 13.5. The molecule has 3 aromatic rings. The summed E-state index contributed by atoms with van der Waals surface area (Å²) in [5, 5.41) is 5.23. The number of nitrogens with one attached hydrogen (secondary N) is 2. The van der Waals surface area contributed by atoms with Crippen LogP contribution in [0.25, 0.3) is 17.0 Å². The van der Waals surface area contributed by atoms with Gasteiger partial charge in [0, 0.05) is 54.4 Å². The summed E-state index contributed by atoms with van der Waals surface area (Å²) in [5.41, 5.74) is 8.33. The summed E-state index contributed by atoms with van der Waals surface area (Å²) >= 11 is 0. The number of likely N-dealkylation sites (N-methyl/N-ethyl adjacent to an activating group) is 1. The summed E-state index contributed by atoms with van der Waals surface area (Å²) in [5.74, 6) is 0. The maximum Gasteiger partial charge on any atom is 0.0456 e. The third kappa shape index (κ3) is 8.84. The van der Waals surface area contributed by atoms with Gasteiger partial charge in [-0.25, -0.2) is 0 Å². The van der Waals surface area contributed by atoms with E-state index in [9.17, 15) is 0 Å². The molecule has 4 nitrogen and oxygen atoms in total. The minimum atomic E-state index is -0.0521. The Kier molecular flexibility index (Phi) is 12.3. The molecule has 2 fully saturated rings. The summed E-state index contributed by atoms with van der Waals surface area (Å²) in [4.78, 5) is 8.50. The SMILES string of the molecule is CC.Cc1ccccc[nH]c2ccc(CN3CCC(=Cc4ccc(C(C)(C)NCC5(N(C)C)CCCCC5)cc4)CC3)cc12. The Morgan fingerprint density at radius 1 is 0.909 bits per heavy atom. The summed E-state index contributed by atoms with van der Waals surface area (Å²) < 4.78 is 0. The Morgan fingerprint density at radius 2 is 1.61 bits per heavy atom. The van der Waals surface area contributed by atoms with Crippen molar-refractivity contribution in [1.82, 2.24) is 20.1 Å². The Hall–Kier alpha value is -2.92. The van der Waals surface area contributed by atoms with Gasteiger partial charge in [0.25, 0.3) is 0 Å². The van der Waals surface area contributed by atoms with Crippen molar-refractivity contribution in [3.8, 4) is 0 Å². The maximum absolute atomic E-state index is 3.95. The Labute approximate surface area is 268 Å². The zero-order valence-corrected chi connectivity index (χ0v) is 28.7. The molecule has 1 aromatic heterocycles. The first-order valence-electron chi connectivity index (χ1n) is 17.1. The molecule has 0 atom stereocenters. The first-order valence-corrected chi connectivity index (χ1v) is 17.1. The lowest BCUT2D eigenvalue weighted by Gasteiger charge is -2.45. The van der Waals surface area contributed by atoms with Crippen LogP contribution in [0.15, 0.2) is 78.5 Å². The molecule has 238 valence electrons. The molecule has 1 saturated heterocycles. The highest BCUT2D eigenvalue weighted by Gasteiger charge is 2.35.